The van der Waals surface area contributed by atoms with Gasteiger partial charge in [-0.25, -0.2) is 0 Å². The van der Waals surface area contributed by atoms with Crippen LogP contribution in [0.3, 0.4) is 0 Å². The smallest absolute Gasteiger partial charge is 0.0564 e. The summed E-state index contributed by atoms with van der Waals surface area (Å²) in [6.45, 7) is 0. The van der Waals surface area contributed by atoms with E-state index < -0.39 is 0 Å². The Morgan fingerprint density at radius 3 is 1.27 bits per heavy atom. The van der Waals surface area contributed by atoms with E-state index in [1.807, 2.05) is 0 Å². The van der Waals surface area contributed by atoms with Gasteiger partial charge in [0.2, 0.25) is 0 Å². The lowest BCUT2D eigenvalue weighted by atomic mass is 9.98. The Morgan fingerprint density at radius 1 is 0.500 bits per heavy atom. The van der Waals surface area contributed by atoms with Crippen LogP contribution in [0, 0.1) is 0 Å². The molecule has 0 fully saturated rings. The van der Waals surface area contributed by atoms with Crippen molar-refractivity contribution in [3.05, 3.63) is 60.9 Å². The van der Waals surface area contributed by atoms with Gasteiger partial charge in [0.1, 0.15) is 0 Å². The van der Waals surface area contributed by atoms with Crippen molar-refractivity contribution in [2.45, 2.75) is 0 Å². The fourth-order valence-electron chi connectivity index (χ4n) is 3.79. The van der Waals surface area contributed by atoms with Crippen LogP contribution in [0.15, 0.2) is 60.9 Å². The molecule has 0 unspecified atom stereocenters. The van der Waals surface area contributed by atoms with Crippen molar-refractivity contribution < 1.29 is 0 Å². The minimum absolute atomic E-state index is 1.30. The standard InChI is InChI=1S/C20H16N2/c1-21-11-9-15-7-5-13-3-4-14-6-8-16-10-12-22(2)20(16)18(14)17(13)19(15)21/h3-12H,1-2H3. The molecule has 0 N–H and O–H groups in total. The Morgan fingerprint density at radius 2 is 0.864 bits per heavy atom. The highest BCUT2D eigenvalue weighted by Crippen LogP contribution is 2.36. The number of hydrogen-bond acceptors (Lipinski definition) is 0. The Balaban J connectivity index is 2.24. The summed E-state index contributed by atoms with van der Waals surface area (Å²) in [7, 11) is 4.26. The van der Waals surface area contributed by atoms with E-state index in [0.717, 1.165) is 0 Å². The second kappa shape index (κ2) is 3.92. The molecule has 0 radical (unpaired) electrons. The quantitative estimate of drug-likeness (QED) is 0.355. The van der Waals surface area contributed by atoms with Gasteiger partial charge in [0.15, 0.2) is 0 Å². The molecule has 0 saturated heterocycles. The highest BCUT2D eigenvalue weighted by molar-refractivity contribution is 6.26. The lowest BCUT2D eigenvalue weighted by molar-refractivity contribution is 0.971. The van der Waals surface area contributed by atoms with Gasteiger partial charge in [0, 0.05) is 48.0 Å². The van der Waals surface area contributed by atoms with E-state index in [4.69, 9.17) is 0 Å². The number of aromatic nitrogens is 2. The van der Waals surface area contributed by atoms with Gasteiger partial charge in [-0.05, 0) is 22.9 Å². The third kappa shape index (κ3) is 1.34. The van der Waals surface area contributed by atoms with Crippen molar-refractivity contribution in [2.75, 3.05) is 0 Å². The van der Waals surface area contributed by atoms with E-state index in [-0.39, 0.29) is 0 Å². The van der Waals surface area contributed by atoms with Gasteiger partial charge in [0.05, 0.1) is 11.0 Å². The van der Waals surface area contributed by atoms with Gasteiger partial charge in [-0.3, -0.25) is 0 Å². The molecule has 0 aliphatic rings. The summed E-state index contributed by atoms with van der Waals surface area (Å²) < 4.78 is 4.47. The zero-order valence-electron chi connectivity index (χ0n) is 12.7. The van der Waals surface area contributed by atoms with E-state index in [0.29, 0.717) is 0 Å². The molecule has 2 aromatic heterocycles. The third-order valence-electron chi connectivity index (χ3n) is 4.84. The maximum Gasteiger partial charge on any atom is 0.0564 e. The molecule has 2 heterocycles. The zero-order chi connectivity index (χ0) is 14.8. The van der Waals surface area contributed by atoms with Crippen molar-refractivity contribution in [3.8, 4) is 0 Å². The molecule has 106 valence electrons. The van der Waals surface area contributed by atoms with Crippen LogP contribution in [0.2, 0.25) is 0 Å². The minimum Gasteiger partial charge on any atom is -0.350 e. The molecule has 2 heteroatoms. The maximum absolute atomic E-state index is 2.24. The molecule has 3 aromatic carbocycles. The highest BCUT2D eigenvalue weighted by Gasteiger charge is 2.12. The zero-order valence-corrected chi connectivity index (χ0v) is 12.7. The molecule has 2 nitrogen and oxygen atoms in total. The molecule has 0 spiro atoms. The number of fused-ring (bicyclic) bond motifs is 7. The molecule has 0 aliphatic carbocycles. The van der Waals surface area contributed by atoms with Crippen LogP contribution >= 0.6 is 0 Å². The Kier molecular flexibility index (Phi) is 2.11. The molecule has 0 bridgehead atoms. The summed E-state index contributed by atoms with van der Waals surface area (Å²) >= 11 is 0. The van der Waals surface area contributed by atoms with Crippen molar-refractivity contribution in [1.29, 1.82) is 0 Å². The molecule has 0 amide bonds. The van der Waals surface area contributed by atoms with Gasteiger partial charge in [-0.15, -0.1) is 0 Å². The number of aryl methyl sites for hydroxylation is 2. The Labute approximate surface area is 128 Å². The number of rotatable bonds is 0. The van der Waals surface area contributed by atoms with Crippen molar-refractivity contribution in [1.82, 2.24) is 9.13 Å². The highest BCUT2D eigenvalue weighted by atomic mass is 14.9. The van der Waals surface area contributed by atoms with Crippen LogP contribution in [0.25, 0.3) is 43.4 Å². The fraction of sp³-hybridized carbons (Fsp3) is 0.100. The lowest BCUT2D eigenvalue weighted by Gasteiger charge is -2.10. The van der Waals surface area contributed by atoms with E-state index in [9.17, 15) is 0 Å². The molecule has 0 saturated carbocycles. The van der Waals surface area contributed by atoms with E-state index in [2.05, 4.69) is 84.2 Å². The van der Waals surface area contributed by atoms with Crippen molar-refractivity contribution >= 4 is 43.4 Å². The topological polar surface area (TPSA) is 9.86 Å². The van der Waals surface area contributed by atoms with Crippen molar-refractivity contribution in [3.63, 3.8) is 0 Å². The van der Waals surface area contributed by atoms with Crippen LogP contribution in [-0.2, 0) is 14.1 Å². The Hall–Kier alpha value is -2.74. The second-order valence-electron chi connectivity index (χ2n) is 6.12. The molecule has 0 aliphatic heterocycles. The molecular formula is C20H16N2. The predicted octanol–water partition coefficient (Wildman–Crippen LogP) is 4.98. The summed E-state index contributed by atoms with van der Waals surface area (Å²) in [5.74, 6) is 0. The fourth-order valence-corrected chi connectivity index (χ4v) is 3.79. The summed E-state index contributed by atoms with van der Waals surface area (Å²) in [4.78, 5) is 0. The van der Waals surface area contributed by atoms with Crippen LogP contribution in [0.4, 0.5) is 0 Å². The molecule has 22 heavy (non-hydrogen) atoms. The summed E-state index contributed by atoms with van der Waals surface area (Å²) in [6.07, 6.45) is 4.29. The average molecular weight is 284 g/mol. The lowest BCUT2D eigenvalue weighted by Crippen LogP contribution is -1.90. The largest absolute Gasteiger partial charge is 0.350 e. The van der Waals surface area contributed by atoms with Crippen LogP contribution in [0.1, 0.15) is 0 Å². The Bertz CT molecular complexity index is 1090. The molecule has 5 rings (SSSR count). The normalized spacial score (nSPS) is 12.1. The monoisotopic (exact) mass is 284 g/mol. The predicted molar refractivity (Wildman–Crippen MR) is 94.4 cm³/mol. The molecular weight excluding hydrogens is 268 g/mol. The summed E-state index contributed by atoms with van der Waals surface area (Å²) in [5, 5.41) is 7.92. The van der Waals surface area contributed by atoms with Crippen LogP contribution < -0.4 is 0 Å². The van der Waals surface area contributed by atoms with E-state index in [1.165, 1.54) is 43.4 Å². The van der Waals surface area contributed by atoms with Gasteiger partial charge in [-0.1, -0.05) is 36.4 Å². The average Bonchev–Trinajstić information content (AvgIpc) is 3.10. The number of nitrogens with zero attached hydrogens (tertiary/aromatic N) is 2. The maximum atomic E-state index is 2.24. The first-order valence-electron chi connectivity index (χ1n) is 7.58. The van der Waals surface area contributed by atoms with Gasteiger partial charge in [-0.2, -0.15) is 0 Å². The van der Waals surface area contributed by atoms with Crippen LogP contribution in [0.5, 0.6) is 0 Å². The van der Waals surface area contributed by atoms with Gasteiger partial charge >= 0.3 is 0 Å². The molecule has 5 aromatic rings. The minimum atomic E-state index is 1.30. The molecule has 0 atom stereocenters. The first-order chi connectivity index (χ1) is 10.7. The van der Waals surface area contributed by atoms with Gasteiger partial charge < -0.3 is 9.13 Å². The SMILES string of the molecule is Cn1ccc2ccc3ccc4ccc5ccn(C)c5c4c3c21. The first kappa shape index (κ1) is 11.9. The third-order valence-corrected chi connectivity index (χ3v) is 4.84. The van der Waals surface area contributed by atoms with Gasteiger partial charge in [0.25, 0.3) is 0 Å². The number of hydrogen-bond donors (Lipinski definition) is 0. The number of benzene rings is 3. The summed E-state index contributed by atoms with van der Waals surface area (Å²) in [5.41, 5.74) is 2.63. The first-order valence-corrected chi connectivity index (χ1v) is 7.58. The van der Waals surface area contributed by atoms with E-state index in [1.54, 1.807) is 0 Å². The summed E-state index contributed by atoms with van der Waals surface area (Å²) in [6, 6.07) is 17.8. The van der Waals surface area contributed by atoms with Crippen LogP contribution in [-0.4, -0.2) is 9.13 Å². The van der Waals surface area contributed by atoms with E-state index >= 15 is 0 Å². The second-order valence-corrected chi connectivity index (χ2v) is 6.12. The van der Waals surface area contributed by atoms with Crippen molar-refractivity contribution in [2.24, 2.45) is 14.1 Å².